The fourth-order valence-corrected chi connectivity index (χ4v) is 2.82. The predicted molar refractivity (Wildman–Crippen MR) is 79.5 cm³/mol. The molecule has 0 saturated carbocycles. The van der Waals surface area contributed by atoms with Crippen LogP contribution >= 0.6 is 11.6 Å². The number of nitrogens with one attached hydrogen (secondary N) is 1. The molecule has 1 amide bonds. The Morgan fingerprint density at radius 3 is 2.74 bits per heavy atom. The molecule has 0 radical (unpaired) electrons. The summed E-state index contributed by atoms with van der Waals surface area (Å²) in [4.78, 5) is 13.1. The molecule has 0 aliphatic carbocycles. The van der Waals surface area contributed by atoms with Crippen LogP contribution in [0.5, 0.6) is 0 Å². The number of benzene rings is 1. The van der Waals surface area contributed by atoms with Crippen LogP contribution in [0.1, 0.15) is 19.8 Å². The van der Waals surface area contributed by atoms with Crippen molar-refractivity contribution >= 4 is 28.9 Å². The molecular weight excluding hydrogens is 262 g/mol. The number of para-hydroxylation sites is 1. The van der Waals surface area contributed by atoms with Gasteiger partial charge in [0.05, 0.1) is 16.4 Å². The van der Waals surface area contributed by atoms with Crippen molar-refractivity contribution in [1.82, 2.24) is 5.32 Å². The number of nitrogens with two attached hydrogens (primary N) is 1. The standard InChI is InChI=1S/C14H20ClN3O/c1-10(19)17-9-11-5-7-18(8-6-11)14-12(15)3-2-4-13(14)16/h2-4,11H,5-9,16H2,1H3,(H,17,19). The summed E-state index contributed by atoms with van der Waals surface area (Å²) >= 11 is 6.22. The summed E-state index contributed by atoms with van der Waals surface area (Å²) in [6.07, 6.45) is 2.09. The van der Waals surface area contributed by atoms with E-state index in [4.69, 9.17) is 17.3 Å². The van der Waals surface area contributed by atoms with Crippen molar-refractivity contribution in [3.63, 3.8) is 0 Å². The van der Waals surface area contributed by atoms with E-state index < -0.39 is 0 Å². The Morgan fingerprint density at radius 1 is 1.47 bits per heavy atom. The summed E-state index contributed by atoms with van der Waals surface area (Å²) in [6.45, 7) is 4.18. The van der Waals surface area contributed by atoms with Crippen molar-refractivity contribution in [3.05, 3.63) is 23.2 Å². The third kappa shape index (κ3) is 3.53. The van der Waals surface area contributed by atoms with E-state index in [0.29, 0.717) is 10.9 Å². The maximum Gasteiger partial charge on any atom is 0.216 e. The second kappa shape index (κ2) is 6.15. The number of carbonyl (C=O) groups is 1. The molecule has 1 aliphatic heterocycles. The lowest BCUT2D eigenvalue weighted by Gasteiger charge is -2.34. The largest absolute Gasteiger partial charge is 0.397 e. The van der Waals surface area contributed by atoms with Gasteiger partial charge in [-0.15, -0.1) is 0 Å². The van der Waals surface area contributed by atoms with Gasteiger partial charge in [0.15, 0.2) is 0 Å². The van der Waals surface area contributed by atoms with Gasteiger partial charge in [0, 0.05) is 26.6 Å². The van der Waals surface area contributed by atoms with Gasteiger partial charge in [0.1, 0.15) is 0 Å². The molecule has 1 aromatic carbocycles. The van der Waals surface area contributed by atoms with Crippen LogP contribution in [0.3, 0.4) is 0 Å². The number of nitrogen functional groups attached to an aromatic ring is 1. The van der Waals surface area contributed by atoms with Gasteiger partial charge < -0.3 is 16.0 Å². The molecule has 0 unspecified atom stereocenters. The molecule has 104 valence electrons. The first kappa shape index (κ1) is 14.0. The van der Waals surface area contributed by atoms with Crippen molar-refractivity contribution in [3.8, 4) is 0 Å². The molecule has 0 bridgehead atoms. The fourth-order valence-electron chi connectivity index (χ4n) is 2.51. The van der Waals surface area contributed by atoms with Crippen molar-refractivity contribution in [1.29, 1.82) is 0 Å². The molecule has 1 saturated heterocycles. The SMILES string of the molecule is CC(=O)NCC1CCN(c2c(N)cccc2Cl)CC1. The molecule has 1 aliphatic rings. The average molecular weight is 282 g/mol. The van der Waals surface area contributed by atoms with Crippen LogP contribution in [-0.2, 0) is 4.79 Å². The van der Waals surface area contributed by atoms with Gasteiger partial charge >= 0.3 is 0 Å². The van der Waals surface area contributed by atoms with E-state index in [0.717, 1.165) is 43.9 Å². The Labute approximate surface area is 118 Å². The molecule has 0 atom stereocenters. The minimum absolute atomic E-state index is 0.0396. The Kier molecular flexibility index (Phi) is 4.53. The zero-order valence-electron chi connectivity index (χ0n) is 11.2. The molecule has 1 fully saturated rings. The average Bonchev–Trinajstić information content (AvgIpc) is 2.37. The van der Waals surface area contributed by atoms with Gasteiger partial charge in [-0.1, -0.05) is 17.7 Å². The normalized spacial score (nSPS) is 16.4. The van der Waals surface area contributed by atoms with E-state index in [9.17, 15) is 4.79 Å². The van der Waals surface area contributed by atoms with Gasteiger partial charge in [0.25, 0.3) is 0 Å². The molecular formula is C14H20ClN3O. The van der Waals surface area contributed by atoms with E-state index >= 15 is 0 Å². The van der Waals surface area contributed by atoms with Gasteiger partial charge in [-0.25, -0.2) is 0 Å². The topological polar surface area (TPSA) is 58.4 Å². The molecule has 5 heteroatoms. The molecule has 19 heavy (non-hydrogen) atoms. The summed E-state index contributed by atoms with van der Waals surface area (Å²) in [5.41, 5.74) is 7.68. The highest BCUT2D eigenvalue weighted by atomic mass is 35.5. The summed E-state index contributed by atoms with van der Waals surface area (Å²) < 4.78 is 0. The minimum Gasteiger partial charge on any atom is -0.397 e. The molecule has 3 N–H and O–H groups in total. The van der Waals surface area contributed by atoms with Crippen molar-refractivity contribution in [2.45, 2.75) is 19.8 Å². The van der Waals surface area contributed by atoms with Crippen molar-refractivity contribution in [2.24, 2.45) is 5.92 Å². The number of hydrogen-bond donors (Lipinski definition) is 2. The molecule has 0 spiro atoms. The van der Waals surface area contributed by atoms with Crippen LogP contribution in [0.2, 0.25) is 5.02 Å². The number of rotatable bonds is 3. The number of anilines is 2. The summed E-state index contributed by atoms with van der Waals surface area (Å²) in [5, 5.41) is 3.59. The lowest BCUT2D eigenvalue weighted by molar-refractivity contribution is -0.119. The minimum atomic E-state index is 0.0396. The van der Waals surface area contributed by atoms with E-state index in [2.05, 4.69) is 10.2 Å². The van der Waals surface area contributed by atoms with Crippen molar-refractivity contribution < 1.29 is 4.79 Å². The number of halogens is 1. The van der Waals surface area contributed by atoms with Gasteiger partial charge in [-0.05, 0) is 30.9 Å². The Morgan fingerprint density at radius 2 is 2.16 bits per heavy atom. The van der Waals surface area contributed by atoms with E-state index in [-0.39, 0.29) is 5.91 Å². The lowest BCUT2D eigenvalue weighted by atomic mass is 9.96. The first-order valence-electron chi connectivity index (χ1n) is 6.61. The van der Waals surface area contributed by atoms with E-state index in [1.807, 2.05) is 18.2 Å². The van der Waals surface area contributed by atoms with E-state index in [1.165, 1.54) is 0 Å². The number of piperidine rings is 1. The molecule has 4 nitrogen and oxygen atoms in total. The fraction of sp³-hybridized carbons (Fsp3) is 0.500. The van der Waals surface area contributed by atoms with Gasteiger partial charge in [0.2, 0.25) is 5.91 Å². The van der Waals surface area contributed by atoms with E-state index in [1.54, 1.807) is 6.92 Å². The highest BCUT2D eigenvalue weighted by Gasteiger charge is 2.22. The molecule has 2 rings (SSSR count). The van der Waals surface area contributed by atoms with Crippen LogP contribution < -0.4 is 16.0 Å². The molecule has 1 aromatic rings. The number of hydrogen-bond acceptors (Lipinski definition) is 3. The molecule has 1 heterocycles. The second-order valence-corrected chi connectivity index (χ2v) is 5.45. The first-order chi connectivity index (χ1) is 9.08. The van der Waals surface area contributed by atoms with Crippen LogP contribution in [0, 0.1) is 5.92 Å². The Bertz CT molecular complexity index is 436. The third-order valence-electron chi connectivity index (χ3n) is 3.59. The number of amides is 1. The van der Waals surface area contributed by atoms with Gasteiger partial charge in [-0.2, -0.15) is 0 Å². The zero-order valence-corrected chi connectivity index (χ0v) is 11.9. The lowest BCUT2D eigenvalue weighted by Crippen LogP contribution is -2.38. The Balaban J connectivity index is 1.94. The second-order valence-electron chi connectivity index (χ2n) is 5.05. The maximum atomic E-state index is 10.9. The smallest absolute Gasteiger partial charge is 0.216 e. The summed E-state index contributed by atoms with van der Waals surface area (Å²) in [5.74, 6) is 0.585. The van der Waals surface area contributed by atoms with Gasteiger partial charge in [-0.3, -0.25) is 4.79 Å². The summed E-state index contributed by atoms with van der Waals surface area (Å²) in [7, 11) is 0. The first-order valence-corrected chi connectivity index (χ1v) is 6.99. The number of carbonyl (C=O) groups excluding carboxylic acids is 1. The van der Waals surface area contributed by atoms with Crippen LogP contribution in [0.25, 0.3) is 0 Å². The zero-order chi connectivity index (χ0) is 13.8. The quantitative estimate of drug-likeness (QED) is 0.836. The maximum absolute atomic E-state index is 10.9. The van der Waals surface area contributed by atoms with Crippen LogP contribution in [0.4, 0.5) is 11.4 Å². The van der Waals surface area contributed by atoms with Crippen molar-refractivity contribution in [2.75, 3.05) is 30.3 Å². The predicted octanol–water partition coefficient (Wildman–Crippen LogP) is 2.27. The number of nitrogens with zero attached hydrogens (tertiary/aromatic N) is 1. The monoisotopic (exact) mass is 281 g/mol. The third-order valence-corrected chi connectivity index (χ3v) is 3.89. The highest BCUT2D eigenvalue weighted by Crippen LogP contribution is 2.34. The van der Waals surface area contributed by atoms with Crippen LogP contribution in [0.15, 0.2) is 18.2 Å². The Hall–Kier alpha value is -1.42. The van der Waals surface area contributed by atoms with Crippen LogP contribution in [-0.4, -0.2) is 25.5 Å². The molecule has 0 aromatic heterocycles. The summed E-state index contributed by atoms with van der Waals surface area (Å²) in [6, 6.07) is 5.62. The highest BCUT2D eigenvalue weighted by molar-refractivity contribution is 6.34.